The van der Waals surface area contributed by atoms with Crippen molar-refractivity contribution < 1.29 is 19.0 Å². The molecule has 0 saturated carbocycles. The highest BCUT2D eigenvalue weighted by Gasteiger charge is 2.33. The van der Waals surface area contributed by atoms with Crippen molar-refractivity contribution in [2.24, 2.45) is 5.92 Å². The summed E-state index contributed by atoms with van der Waals surface area (Å²) in [6.45, 7) is 3.27. The standard InChI is InChI=1S/C27H24N2O4S/c1-16-10-18(27-29-22-4-2-3-5-25(22)34-27)8-9-21(16)28-26-19(13-31-14-30)7-6-17-11-23-24(12-20(17)26)33-15-32-23/h2-5,8-12,14,19,26,28H,6-7,13,15H2,1H3. The van der Waals surface area contributed by atoms with E-state index in [-0.39, 0.29) is 18.8 Å². The maximum absolute atomic E-state index is 10.9. The fourth-order valence-electron chi connectivity index (χ4n) is 4.93. The molecule has 3 aromatic carbocycles. The molecule has 172 valence electrons. The minimum Gasteiger partial charge on any atom is -0.468 e. The largest absolute Gasteiger partial charge is 0.468 e. The molecule has 0 fully saturated rings. The van der Waals surface area contributed by atoms with Gasteiger partial charge in [-0.1, -0.05) is 12.1 Å². The van der Waals surface area contributed by atoms with Crippen molar-refractivity contribution in [3.05, 3.63) is 71.3 Å². The zero-order valence-corrected chi connectivity index (χ0v) is 19.6. The van der Waals surface area contributed by atoms with Crippen LogP contribution >= 0.6 is 11.3 Å². The lowest BCUT2D eigenvalue weighted by Gasteiger charge is -2.35. The minimum absolute atomic E-state index is 0.00907. The Balaban J connectivity index is 1.33. The molecule has 0 bridgehead atoms. The summed E-state index contributed by atoms with van der Waals surface area (Å²) in [6, 6.07) is 18.8. The maximum Gasteiger partial charge on any atom is 0.293 e. The van der Waals surface area contributed by atoms with E-state index < -0.39 is 0 Å². The van der Waals surface area contributed by atoms with Crippen molar-refractivity contribution in [2.45, 2.75) is 25.8 Å². The molecular formula is C27H24N2O4S. The summed E-state index contributed by atoms with van der Waals surface area (Å²) >= 11 is 1.71. The Labute approximate surface area is 201 Å². The van der Waals surface area contributed by atoms with Gasteiger partial charge in [0.2, 0.25) is 6.79 Å². The van der Waals surface area contributed by atoms with Gasteiger partial charge in [0.15, 0.2) is 11.5 Å². The number of ether oxygens (including phenoxy) is 3. The van der Waals surface area contributed by atoms with E-state index in [9.17, 15) is 4.79 Å². The molecule has 6 rings (SSSR count). The number of fused-ring (bicyclic) bond motifs is 3. The van der Waals surface area contributed by atoms with Crippen LogP contribution in [0.15, 0.2) is 54.6 Å². The number of aromatic nitrogens is 1. The number of hydrogen-bond acceptors (Lipinski definition) is 7. The van der Waals surface area contributed by atoms with Crippen LogP contribution in [0.4, 0.5) is 5.69 Å². The normalized spacial score (nSPS) is 18.5. The van der Waals surface area contributed by atoms with Gasteiger partial charge in [0.05, 0.1) is 22.9 Å². The van der Waals surface area contributed by atoms with Crippen molar-refractivity contribution in [2.75, 3.05) is 18.7 Å². The second kappa shape index (κ2) is 8.65. The molecule has 2 atom stereocenters. The summed E-state index contributed by atoms with van der Waals surface area (Å²) < 4.78 is 17.6. The molecule has 0 amide bonds. The van der Waals surface area contributed by atoms with Crippen molar-refractivity contribution in [1.82, 2.24) is 4.98 Å². The van der Waals surface area contributed by atoms with Gasteiger partial charge in [-0.3, -0.25) is 4.79 Å². The maximum atomic E-state index is 10.9. The Morgan fingerprint density at radius 2 is 2.00 bits per heavy atom. The number of nitrogens with one attached hydrogen (secondary N) is 1. The first-order valence-corrected chi connectivity index (χ1v) is 12.2. The zero-order chi connectivity index (χ0) is 23.1. The van der Waals surface area contributed by atoms with E-state index in [0.29, 0.717) is 13.1 Å². The fraction of sp³-hybridized carbons (Fsp3) is 0.259. The molecule has 1 aliphatic carbocycles. The van der Waals surface area contributed by atoms with Crippen LogP contribution in [0.1, 0.15) is 29.2 Å². The van der Waals surface area contributed by atoms with Crippen LogP contribution in [0.25, 0.3) is 20.8 Å². The highest BCUT2D eigenvalue weighted by molar-refractivity contribution is 7.21. The Morgan fingerprint density at radius 1 is 1.15 bits per heavy atom. The number of aryl methyl sites for hydroxylation is 2. The number of hydrogen-bond donors (Lipinski definition) is 1. The Morgan fingerprint density at radius 3 is 2.82 bits per heavy atom. The van der Waals surface area contributed by atoms with E-state index in [1.165, 1.54) is 15.8 Å². The first-order valence-electron chi connectivity index (χ1n) is 11.4. The van der Waals surface area contributed by atoms with Crippen molar-refractivity contribution in [1.29, 1.82) is 0 Å². The summed E-state index contributed by atoms with van der Waals surface area (Å²) in [6.07, 6.45) is 1.83. The molecule has 6 nitrogen and oxygen atoms in total. The van der Waals surface area contributed by atoms with Gasteiger partial charge in [-0.2, -0.15) is 0 Å². The quantitative estimate of drug-likeness (QED) is 0.353. The van der Waals surface area contributed by atoms with Crippen LogP contribution in [0.3, 0.4) is 0 Å². The lowest BCUT2D eigenvalue weighted by Crippen LogP contribution is -2.30. The third-order valence-electron chi connectivity index (χ3n) is 6.68. The minimum atomic E-state index is -0.00907. The van der Waals surface area contributed by atoms with Gasteiger partial charge in [0, 0.05) is 17.2 Å². The predicted octanol–water partition coefficient (Wildman–Crippen LogP) is 5.89. The molecule has 2 unspecified atom stereocenters. The smallest absolute Gasteiger partial charge is 0.293 e. The summed E-state index contributed by atoms with van der Waals surface area (Å²) in [4.78, 5) is 15.7. The van der Waals surface area contributed by atoms with Crippen LogP contribution < -0.4 is 14.8 Å². The number of carbonyl (C=O) groups excluding carboxylic acids is 1. The number of rotatable bonds is 6. The Kier molecular flexibility index (Phi) is 5.34. The van der Waals surface area contributed by atoms with Crippen LogP contribution in [-0.2, 0) is 16.0 Å². The van der Waals surface area contributed by atoms with E-state index in [1.807, 2.05) is 18.2 Å². The Bertz CT molecular complexity index is 1350. The molecular weight excluding hydrogens is 448 g/mol. The van der Waals surface area contributed by atoms with Crippen molar-refractivity contribution in [3.63, 3.8) is 0 Å². The zero-order valence-electron chi connectivity index (χ0n) is 18.7. The highest BCUT2D eigenvalue weighted by Crippen LogP contribution is 2.44. The molecule has 2 aliphatic rings. The number of anilines is 1. The molecule has 0 saturated heterocycles. The number of carbonyl (C=O) groups is 1. The van der Waals surface area contributed by atoms with E-state index in [2.05, 4.69) is 48.6 Å². The fourth-order valence-corrected chi connectivity index (χ4v) is 5.89. The molecule has 1 aliphatic heterocycles. The molecule has 4 aromatic rings. The highest BCUT2D eigenvalue weighted by atomic mass is 32.1. The summed E-state index contributed by atoms with van der Waals surface area (Å²) in [5.74, 6) is 1.73. The molecule has 2 heterocycles. The van der Waals surface area contributed by atoms with Gasteiger partial charge >= 0.3 is 0 Å². The second-order valence-corrected chi connectivity index (χ2v) is 9.80. The van der Waals surface area contributed by atoms with Crippen molar-refractivity contribution >= 4 is 33.7 Å². The predicted molar refractivity (Wildman–Crippen MR) is 133 cm³/mol. The summed E-state index contributed by atoms with van der Waals surface area (Å²) in [5.41, 5.74) is 6.74. The van der Waals surface area contributed by atoms with Gasteiger partial charge in [-0.05, 0) is 78.9 Å². The van der Waals surface area contributed by atoms with E-state index in [1.54, 1.807) is 11.3 Å². The van der Waals surface area contributed by atoms with Crippen LogP contribution in [0.2, 0.25) is 0 Å². The average molecular weight is 473 g/mol. The van der Waals surface area contributed by atoms with Gasteiger partial charge in [0.25, 0.3) is 6.47 Å². The second-order valence-electron chi connectivity index (χ2n) is 8.77. The average Bonchev–Trinajstić information content (AvgIpc) is 3.50. The first kappa shape index (κ1) is 21.0. The van der Waals surface area contributed by atoms with Gasteiger partial charge in [0.1, 0.15) is 5.01 Å². The molecule has 1 aromatic heterocycles. The number of para-hydroxylation sites is 1. The van der Waals surface area contributed by atoms with E-state index in [4.69, 9.17) is 19.2 Å². The lowest BCUT2D eigenvalue weighted by atomic mass is 9.79. The van der Waals surface area contributed by atoms with E-state index >= 15 is 0 Å². The molecule has 7 heteroatoms. The summed E-state index contributed by atoms with van der Waals surface area (Å²) in [7, 11) is 0. The van der Waals surface area contributed by atoms with Gasteiger partial charge < -0.3 is 19.5 Å². The van der Waals surface area contributed by atoms with Crippen LogP contribution in [0, 0.1) is 12.8 Å². The van der Waals surface area contributed by atoms with E-state index in [0.717, 1.165) is 51.7 Å². The molecule has 0 radical (unpaired) electrons. The van der Waals surface area contributed by atoms with Gasteiger partial charge in [-0.15, -0.1) is 11.3 Å². The van der Waals surface area contributed by atoms with Crippen LogP contribution in [0.5, 0.6) is 11.5 Å². The summed E-state index contributed by atoms with van der Waals surface area (Å²) in [5, 5.41) is 4.77. The molecule has 1 N–H and O–H groups in total. The molecule has 0 spiro atoms. The number of thiazole rings is 1. The van der Waals surface area contributed by atoms with Crippen molar-refractivity contribution in [3.8, 4) is 22.1 Å². The SMILES string of the molecule is Cc1cc(-c2nc3ccccc3s2)ccc1NC1c2cc3c(cc2CCC1COC=O)OCO3. The number of nitrogens with zero attached hydrogens (tertiary/aromatic N) is 1. The third kappa shape index (κ3) is 3.76. The Hall–Kier alpha value is -3.58. The monoisotopic (exact) mass is 472 g/mol. The third-order valence-corrected chi connectivity index (χ3v) is 7.77. The van der Waals surface area contributed by atoms with Gasteiger partial charge in [-0.25, -0.2) is 4.98 Å². The number of benzene rings is 3. The first-order chi connectivity index (χ1) is 16.7. The topological polar surface area (TPSA) is 69.7 Å². The lowest BCUT2D eigenvalue weighted by molar-refractivity contribution is -0.130. The van der Waals surface area contributed by atoms with Crippen LogP contribution in [-0.4, -0.2) is 24.9 Å². The molecule has 34 heavy (non-hydrogen) atoms.